The van der Waals surface area contributed by atoms with Gasteiger partial charge in [-0.15, -0.1) is 0 Å². The lowest BCUT2D eigenvalue weighted by molar-refractivity contribution is -0.137. The normalized spacial score (nSPS) is 13.5. The van der Waals surface area contributed by atoms with Crippen molar-refractivity contribution in [3.63, 3.8) is 0 Å². The molecular weight excluding hydrogens is 312 g/mol. The number of anilines is 1. The van der Waals surface area contributed by atoms with Crippen molar-refractivity contribution in [1.29, 1.82) is 0 Å². The lowest BCUT2D eigenvalue weighted by Crippen LogP contribution is -2.33. The van der Waals surface area contributed by atoms with Crippen LogP contribution in [-0.4, -0.2) is 45.7 Å². The van der Waals surface area contributed by atoms with E-state index in [0.29, 0.717) is 23.3 Å². The van der Waals surface area contributed by atoms with E-state index in [0.717, 1.165) is 18.4 Å². The summed E-state index contributed by atoms with van der Waals surface area (Å²) in [6.07, 6.45) is 2.07. The minimum atomic E-state index is -0.944. The van der Waals surface area contributed by atoms with Gasteiger partial charge in [0.05, 0.1) is 6.42 Å². The number of benzene rings is 1. The third-order valence-electron chi connectivity index (χ3n) is 3.75. The Bertz CT molecular complexity index is 754. The first-order valence-electron chi connectivity index (χ1n) is 7.71. The Morgan fingerprint density at radius 3 is 2.92 bits per heavy atom. The number of hydrogen-bond acceptors (Lipinski definition) is 5. The molecule has 2 N–H and O–H groups in total. The predicted molar refractivity (Wildman–Crippen MR) is 85.6 cm³/mol. The molecule has 0 atom stereocenters. The number of carbonyl (C=O) groups is 2. The van der Waals surface area contributed by atoms with Crippen LogP contribution >= 0.6 is 0 Å². The number of aromatic nitrogens is 2. The van der Waals surface area contributed by atoms with Crippen molar-refractivity contribution in [3.05, 3.63) is 30.2 Å². The molecule has 24 heavy (non-hydrogen) atoms. The summed E-state index contributed by atoms with van der Waals surface area (Å²) in [4.78, 5) is 28.3. The van der Waals surface area contributed by atoms with Gasteiger partial charge in [-0.3, -0.25) is 4.79 Å². The number of aliphatic carboxylic acids is 1. The number of carboxylic acid groups (broad SMARTS) is 1. The molecule has 2 aromatic rings. The van der Waals surface area contributed by atoms with Gasteiger partial charge >= 0.3 is 12.0 Å². The van der Waals surface area contributed by atoms with Crippen LogP contribution in [-0.2, 0) is 4.79 Å². The Morgan fingerprint density at radius 2 is 2.21 bits per heavy atom. The molecule has 1 aliphatic carbocycles. The molecule has 1 heterocycles. The molecule has 8 nitrogen and oxygen atoms in total. The summed E-state index contributed by atoms with van der Waals surface area (Å²) in [5.41, 5.74) is 1.33. The van der Waals surface area contributed by atoms with Crippen LogP contribution in [0.3, 0.4) is 0 Å². The van der Waals surface area contributed by atoms with Crippen LogP contribution in [0.25, 0.3) is 11.4 Å². The smallest absolute Gasteiger partial charge is 0.321 e. The summed E-state index contributed by atoms with van der Waals surface area (Å²) in [7, 11) is 1.54. The second-order valence-electron chi connectivity index (χ2n) is 5.81. The van der Waals surface area contributed by atoms with Gasteiger partial charge in [0, 0.05) is 30.8 Å². The number of nitrogens with zero attached hydrogens (tertiary/aromatic N) is 3. The lowest BCUT2D eigenvalue weighted by Gasteiger charge is -2.17. The maximum absolute atomic E-state index is 12.0. The first kappa shape index (κ1) is 16.0. The van der Waals surface area contributed by atoms with Crippen LogP contribution in [0.4, 0.5) is 10.5 Å². The highest BCUT2D eigenvalue weighted by molar-refractivity contribution is 5.90. The molecule has 0 radical (unpaired) electrons. The summed E-state index contributed by atoms with van der Waals surface area (Å²) in [5, 5.41) is 15.4. The number of carboxylic acids is 1. The molecule has 1 aromatic carbocycles. The SMILES string of the molecule is CN(CCC(=O)O)C(=O)Nc1cccc(-c2noc(C3CC3)n2)c1. The topological polar surface area (TPSA) is 109 Å². The van der Waals surface area contributed by atoms with E-state index in [9.17, 15) is 9.59 Å². The molecule has 126 valence electrons. The van der Waals surface area contributed by atoms with E-state index in [1.165, 1.54) is 4.90 Å². The van der Waals surface area contributed by atoms with Gasteiger partial charge < -0.3 is 19.8 Å². The Labute approximate surface area is 138 Å². The molecule has 0 unspecified atom stereocenters. The third-order valence-corrected chi connectivity index (χ3v) is 3.75. The maximum Gasteiger partial charge on any atom is 0.321 e. The van der Waals surface area contributed by atoms with Crippen LogP contribution in [0, 0.1) is 0 Å². The van der Waals surface area contributed by atoms with E-state index < -0.39 is 5.97 Å². The molecule has 3 rings (SSSR count). The average Bonchev–Trinajstić information content (AvgIpc) is 3.29. The fourth-order valence-corrected chi connectivity index (χ4v) is 2.17. The van der Waals surface area contributed by atoms with E-state index in [2.05, 4.69) is 15.5 Å². The van der Waals surface area contributed by atoms with Gasteiger partial charge in [-0.25, -0.2) is 4.79 Å². The van der Waals surface area contributed by atoms with Gasteiger partial charge in [0.2, 0.25) is 11.7 Å². The van der Waals surface area contributed by atoms with Gasteiger partial charge in [-0.1, -0.05) is 17.3 Å². The summed E-state index contributed by atoms with van der Waals surface area (Å²) in [6.45, 7) is 0.135. The van der Waals surface area contributed by atoms with E-state index in [1.807, 2.05) is 6.07 Å². The molecule has 0 spiro atoms. The Kier molecular flexibility index (Phi) is 4.45. The van der Waals surface area contributed by atoms with Crippen molar-refractivity contribution in [2.45, 2.75) is 25.2 Å². The minimum absolute atomic E-state index is 0.100. The number of urea groups is 1. The zero-order chi connectivity index (χ0) is 17.1. The summed E-state index contributed by atoms with van der Waals surface area (Å²) in [6, 6.07) is 6.75. The van der Waals surface area contributed by atoms with Crippen molar-refractivity contribution in [2.75, 3.05) is 18.9 Å². The van der Waals surface area contributed by atoms with Crippen LogP contribution in [0.2, 0.25) is 0 Å². The first-order chi connectivity index (χ1) is 11.5. The maximum atomic E-state index is 12.0. The lowest BCUT2D eigenvalue weighted by atomic mass is 10.2. The minimum Gasteiger partial charge on any atom is -0.481 e. The average molecular weight is 330 g/mol. The number of nitrogens with one attached hydrogen (secondary N) is 1. The molecule has 2 amide bonds. The molecule has 0 saturated heterocycles. The molecular formula is C16H18N4O4. The van der Waals surface area contributed by atoms with E-state index in [4.69, 9.17) is 9.63 Å². The zero-order valence-corrected chi connectivity index (χ0v) is 13.2. The summed E-state index contributed by atoms with van der Waals surface area (Å²) in [5.74, 6) is 0.595. The molecule has 0 bridgehead atoms. The second-order valence-corrected chi connectivity index (χ2v) is 5.81. The van der Waals surface area contributed by atoms with Crippen LogP contribution in [0.1, 0.15) is 31.1 Å². The number of rotatable bonds is 6. The standard InChI is InChI=1S/C16H18N4O4/c1-20(8-7-13(21)22)16(23)17-12-4-2-3-11(9-12)14-18-15(24-19-14)10-5-6-10/h2-4,9-10H,5-8H2,1H3,(H,17,23)(H,21,22). The molecule has 1 aromatic heterocycles. The van der Waals surface area contributed by atoms with Crippen LogP contribution in [0.15, 0.2) is 28.8 Å². The number of amides is 2. The van der Waals surface area contributed by atoms with Gasteiger partial charge in [0.15, 0.2) is 0 Å². The molecule has 0 aliphatic heterocycles. The van der Waals surface area contributed by atoms with Crippen molar-refractivity contribution in [3.8, 4) is 11.4 Å². The number of hydrogen-bond donors (Lipinski definition) is 2. The Hall–Kier alpha value is -2.90. The van der Waals surface area contributed by atoms with Gasteiger partial charge in [0.25, 0.3) is 0 Å². The first-order valence-corrected chi connectivity index (χ1v) is 7.71. The summed E-state index contributed by atoms with van der Waals surface area (Å²) < 4.78 is 5.24. The molecule has 1 aliphatic rings. The highest BCUT2D eigenvalue weighted by Gasteiger charge is 2.29. The quantitative estimate of drug-likeness (QED) is 0.842. The second kappa shape index (κ2) is 6.69. The van der Waals surface area contributed by atoms with Crippen LogP contribution < -0.4 is 5.32 Å². The van der Waals surface area contributed by atoms with Crippen molar-refractivity contribution < 1.29 is 19.2 Å². The molecule has 1 saturated carbocycles. The highest BCUT2D eigenvalue weighted by Crippen LogP contribution is 2.39. The van der Waals surface area contributed by atoms with E-state index in [1.54, 1.807) is 25.2 Å². The Balaban J connectivity index is 1.66. The third kappa shape index (κ3) is 3.89. The van der Waals surface area contributed by atoms with E-state index in [-0.39, 0.29) is 19.0 Å². The highest BCUT2D eigenvalue weighted by atomic mass is 16.5. The van der Waals surface area contributed by atoms with Gasteiger partial charge in [0.1, 0.15) is 0 Å². The zero-order valence-electron chi connectivity index (χ0n) is 13.2. The monoisotopic (exact) mass is 330 g/mol. The fraction of sp³-hybridized carbons (Fsp3) is 0.375. The van der Waals surface area contributed by atoms with Crippen molar-refractivity contribution in [1.82, 2.24) is 15.0 Å². The van der Waals surface area contributed by atoms with Crippen molar-refractivity contribution in [2.24, 2.45) is 0 Å². The predicted octanol–water partition coefficient (Wildman–Crippen LogP) is 2.55. The molecule has 8 heteroatoms. The summed E-state index contributed by atoms with van der Waals surface area (Å²) >= 11 is 0. The fourth-order valence-electron chi connectivity index (χ4n) is 2.17. The van der Waals surface area contributed by atoms with Gasteiger partial charge in [-0.05, 0) is 25.0 Å². The van der Waals surface area contributed by atoms with Crippen LogP contribution in [0.5, 0.6) is 0 Å². The largest absolute Gasteiger partial charge is 0.481 e. The number of carbonyl (C=O) groups excluding carboxylic acids is 1. The molecule has 1 fully saturated rings. The Morgan fingerprint density at radius 1 is 1.42 bits per heavy atom. The van der Waals surface area contributed by atoms with Gasteiger partial charge in [-0.2, -0.15) is 4.98 Å². The van der Waals surface area contributed by atoms with Crippen molar-refractivity contribution >= 4 is 17.7 Å². The van der Waals surface area contributed by atoms with E-state index >= 15 is 0 Å².